The van der Waals surface area contributed by atoms with Gasteiger partial charge in [-0.2, -0.15) is 0 Å². The average Bonchev–Trinajstić information content (AvgIpc) is 2.72. The number of hydrogen-bond acceptors (Lipinski definition) is 4. The quantitative estimate of drug-likeness (QED) is 0.687. The molecule has 1 heterocycles. The number of aryl methyl sites for hydroxylation is 1. The lowest BCUT2D eigenvalue weighted by molar-refractivity contribution is 0.225. The molecule has 0 unspecified atom stereocenters. The first-order valence-electron chi connectivity index (χ1n) is 9.99. The molecule has 2 aromatic rings. The van der Waals surface area contributed by atoms with Gasteiger partial charge in [0.2, 0.25) is 0 Å². The number of piperazine rings is 1. The second-order valence-corrected chi connectivity index (χ2v) is 7.06. The molecule has 0 radical (unpaired) electrons. The van der Waals surface area contributed by atoms with Crippen LogP contribution in [0.3, 0.4) is 0 Å². The Morgan fingerprint density at radius 2 is 1.71 bits per heavy atom. The number of benzene rings is 2. The summed E-state index contributed by atoms with van der Waals surface area (Å²) >= 11 is 0. The van der Waals surface area contributed by atoms with Crippen molar-refractivity contribution < 1.29 is 9.53 Å². The smallest absolute Gasteiger partial charge is 0.316 e. The molecule has 6 heteroatoms. The van der Waals surface area contributed by atoms with Crippen molar-refractivity contribution >= 4 is 17.4 Å². The molecule has 1 aliphatic rings. The summed E-state index contributed by atoms with van der Waals surface area (Å²) in [4.78, 5) is 15.8. The second-order valence-electron chi connectivity index (χ2n) is 7.06. The molecule has 0 atom stereocenters. The third-order valence-corrected chi connectivity index (χ3v) is 5.09. The number of rotatable bonds is 8. The zero-order chi connectivity index (χ0) is 19.8. The van der Waals surface area contributed by atoms with E-state index in [1.54, 1.807) is 12.1 Å². The van der Waals surface area contributed by atoms with Gasteiger partial charge in [0, 0.05) is 44.1 Å². The standard InChI is InChI=1S/C22H30N4O2/c1-2-18-4-8-20(9-5-18)26-15-13-25(14-16-26)12-3-17-28-21-10-6-19(7-11-21)24-22(23)27/h4-11H,2-3,12-17H2,1H3,(H3,23,24,27). The molecule has 150 valence electrons. The first-order valence-corrected chi connectivity index (χ1v) is 9.99. The highest BCUT2D eigenvalue weighted by Gasteiger charge is 2.16. The minimum atomic E-state index is -0.563. The van der Waals surface area contributed by atoms with Gasteiger partial charge in [0.1, 0.15) is 5.75 Å². The summed E-state index contributed by atoms with van der Waals surface area (Å²) in [5, 5.41) is 2.54. The average molecular weight is 383 g/mol. The van der Waals surface area contributed by atoms with Crippen LogP contribution in [0.1, 0.15) is 18.9 Å². The number of amides is 2. The molecule has 2 aromatic carbocycles. The van der Waals surface area contributed by atoms with Crippen LogP contribution in [0.2, 0.25) is 0 Å². The largest absolute Gasteiger partial charge is 0.494 e. The number of nitrogens with two attached hydrogens (primary N) is 1. The van der Waals surface area contributed by atoms with Crippen LogP contribution in [0.5, 0.6) is 5.75 Å². The monoisotopic (exact) mass is 382 g/mol. The van der Waals surface area contributed by atoms with Crippen LogP contribution in [-0.2, 0) is 6.42 Å². The van der Waals surface area contributed by atoms with E-state index in [1.165, 1.54) is 11.3 Å². The lowest BCUT2D eigenvalue weighted by Crippen LogP contribution is -2.46. The van der Waals surface area contributed by atoms with Gasteiger partial charge in [0.15, 0.2) is 0 Å². The SMILES string of the molecule is CCc1ccc(N2CCN(CCCOc3ccc(NC(N)=O)cc3)CC2)cc1. The number of nitrogens with zero attached hydrogens (tertiary/aromatic N) is 2. The molecule has 0 aromatic heterocycles. The van der Waals surface area contributed by atoms with Crippen molar-refractivity contribution in [3.8, 4) is 5.75 Å². The van der Waals surface area contributed by atoms with Crippen LogP contribution in [0.25, 0.3) is 0 Å². The number of ether oxygens (including phenoxy) is 1. The molecule has 28 heavy (non-hydrogen) atoms. The molecule has 1 fully saturated rings. The van der Waals surface area contributed by atoms with E-state index in [4.69, 9.17) is 10.5 Å². The van der Waals surface area contributed by atoms with Crippen molar-refractivity contribution in [2.24, 2.45) is 5.73 Å². The number of primary amides is 1. The molecule has 3 N–H and O–H groups in total. The number of anilines is 2. The van der Waals surface area contributed by atoms with Gasteiger partial charge in [-0.15, -0.1) is 0 Å². The molecule has 6 nitrogen and oxygen atoms in total. The van der Waals surface area contributed by atoms with Crippen molar-refractivity contribution in [1.29, 1.82) is 0 Å². The molecular formula is C22H30N4O2. The molecule has 0 spiro atoms. The summed E-state index contributed by atoms with van der Waals surface area (Å²) in [5.74, 6) is 0.801. The van der Waals surface area contributed by atoms with Crippen molar-refractivity contribution in [2.45, 2.75) is 19.8 Å². The summed E-state index contributed by atoms with van der Waals surface area (Å²) in [5.41, 5.74) is 8.48. The minimum absolute atomic E-state index is 0.563. The van der Waals surface area contributed by atoms with Crippen LogP contribution < -0.4 is 20.7 Å². The lowest BCUT2D eigenvalue weighted by Gasteiger charge is -2.36. The maximum Gasteiger partial charge on any atom is 0.316 e. The van der Waals surface area contributed by atoms with Crippen LogP contribution in [0.4, 0.5) is 16.2 Å². The number of urea groups is 1. The predicted octanol–water partition coefficient (Wildman–Crippen LogP) is 3.33. The number of carbonyl (C=O) groups is 1. The van der Waals surface area contributed by atoms with E-state index in [2.05, 4.69) is 46.3 Å². The molecule has 0 saturated carbocycles. The van der Waals surface area contributed by atoms with Crippen molar-refractivity contribution in [1.82, 2.24) is 4.90 Å². The van der Waals surface area contributed by atoms with Crippen molar-refractivity contribution in [3.63, 3.8) is 0 Å². The molecule has 2 amide bonds. The summed E-state index contributed by atoms with van der Waals surface area (Å²) in [7, 11) is 0. The van der Waals surface area contributed by atoms with E-state index in [9.17, 15) is 4.79 Å². The Labute approximate surface area is 167 Å². The normalized spacial score (nSPS) is 14.7. The Morgan fingerprint density at radius 1 is 1.04 bits per heavy atom. The first kappa shape index (κ1) is 20.0. The van der Waals surface area contributed by atoms with E-state index in [-0.39, 0.29) is 0 Å². The van der Waals surface area contributed by atoms with E-state index >= 15 is 0 Å². The molecule has 0 aliphatic carbocycles. The highest BCUT2D eigenvalue weighted by Crippen LogP contribution is 2.18. The molecule has 1 saturated heterocycles. The number of carbonyl (C=O) groups excluding carboxylic acids is 1. The van der Waals surface area contributed by atoms with Gasteiger partial charge in [-0.25, -0.2) is 4.79 Å². The third-order valence-electron chi connectivity index (χ3n) is 5.09. The fourth-order valence-electron chi connectivity index (χ4n) is 3.43. The molecule has 3 rings (SSSR count). The zero-order valence-electron chi connectivity index (χ0n) is 16.6. The van der Waals surface area contributed by atoms with Gasteiger partial charge in [0.05, 0.1) is 6.61 Å². The topological polar surface area (TPSA) is 70.8 Å². The van der Waals surface area contributed by atoms with Gasteiger partial charge in [0.25, 0.3) is 0 Å². The Kier molecular flexibility index (Phi) is 7.14. The Morgan fingerprint density at radius 3 is 2.32 bits per heavy atom. The summed E-state index contributed by atoms with van der Waals surface area (Å²) in [6.45, 7) is 8.23. The number of nitrogens with one attached hydrogen (secondary N) is 1. The summed E-state index contributed by atoms with van der Waals surface area (Å²) in [6.07, 6.45) is 2.08. The lowest BCUT2D eigenvalue weighted by atomic mass is 10.1. The Balaban J connectivity index is 1.33. The van der Waals surface area contributed by atoms with E-state index in [0.717, 1.165) is 51.3 Å². The fourth-order valence-corrected chi connectivity index (χ4v) is 3.43. The second kappa shape index (κ2) is 9.99. The maximum atomic E-state index is 10.8. The zero-order valence-corrected chi connectivity index (χ0v) is 16.6. The first-order chi connectivity index (χ1) is 13.6. The van der Waals surface area contributed by atoms with Gasteiger partial charge in [-0.3, -0.25) is 4.90 Å². The highest BCUT2D eigenvalue weighted by atomic mass is 16.5. The predicted molar refractivity (Wildman–Crippen MR) is 114 cm³/mol. The third kappa shape index (κ3) is 5.89. The summed E-state index contributed by atoms with van der Waals surface area (Å²) < 4.78 is 5.79. The Bertz CT molecular complexity index is 738. The highest BCUT2D eigenvalue weighted by molar-refractivity contribution is 5.87. The van der Waals surface area contributed by atoms with Crippen LogP contribution in [0, 0.1) is 0 Å². The van der Waals surface area contributed by atoms with E-state index in [0.29, 0.717) is 12.3 Å². The van der Waals surface area contributed by atoms with Crippen LogP contribution >= 0.6 is 0 Å². The maximum absolute atomic E-state index is 10.8. The summed E-state index contributed by atoms with van der Waals surface area (Å²) in [6, 6.07) is 15.6. The van der Waals surface area contributed by atoms with E-state index < -0.39 is 6.03 Å². The van der Waals surface area contributed by atoms with Crippen LogP contribution in [-0.4, -0.2) is 50.3 Å². The molecule has 0 bridgehead atoms. The van der Waals surface area contributed by atoms with Gasteiger partial charge in [-0.05, 0) is 54.8 Å². The van der Waals surface area contributed by atoms with Crippen molar-refractivity contribution in [2.75, 3.05) is 49.5 Å². The fraction of sp³-hybridized carbons (Fsp3) is 0.409. The Hall–Kier alpha value is -2.73. The van der Waals surface area contributed by atoms with Gasteiger partial charge < -0.3 is 20.7 Å². The van der Waals surface area contributed by atoms with E-state index in [1.807, 2.05) is 12.1 Å². The number of hydrogen-bond donors (Lipinski definition) is 2. The van der Waals surface area contributed by atoms with Crippen molar-refractivity contribution in [3.05, 3.63) is 54.1 Å². The molecular weight excluding hydrogens is 352 g/mol. The molecule has 1 aliphatic heterocycles. The van der Waals surface area contributed by atoms with Gasteiger partial charge >= 0.3 is 6.03 Å². The van der Waals surface area contributed by atoms with Gasteiger partial charge in [-0.1, -0.05) is 19.1 Å². The van der Waals surface area contributed by atoms with Crippen LogP contribution in [0.15, 0.2) is 48.5 Å². The minimum Gasteiger partial charge on any atom is -0.494 e.